The summed E-state index contributed by atoms with van der Waals surface area (Å²) in [5, 5.41) is 4.34. The Bertz CT molecular complexity index is 1270. The molecule has 1 saturated heterocycles. The van der Waals surface area contributed by atoms with Crippen LogP contribution in [0.3, 0.4) is 0 Å². The molecule has 3 aromatic rings. The Balaban J connectivity index is 1.60. The summed E-state index contributed by atoms with van der Waals surface area (Å²) < 4.78 is 32.9. The minimum absolute atomic E-state index is 0.0313. The maximum absolute atomic E-state index is 14.0. The summed E-state index contributed by atoms with van der Waals surface area (Å²) >= 11 is 12.9. The predicted molar refractivity (Wildman–Crippen MR) is 133 cm³/mol. The Morgan fingerprint density at radius 3 is 2.49 bits per heavy atom. The van der Waals surface area contributed by atoms with Crippen molar-refractivity contribution in [2.75, 3.05) is 13.7 Å². The lowest BCUT2D eigenvalue weighted by Crippen LogP contribution is -2.44. The van der Waals surface area contributed by atoms with Crippen molar-refractivity contribution in [3.63, 3.8) is 0 Å². The minimum atomic E-state index is -0.901. The first-order valence-corrected chi connectivity index (χ1v) is 12.4. The third-order valence-corrected chi connectivity index (χ3v) is 8.36. The molecule has 1 heterocycles. The highest BCUT2D eigenvalue weighted by molar-refractivity contribution is 6.31. The summed E-state index contributed by atoms with van der Waals surface area (Å²) in [7, 11) is 1.60. The van der Waals surface area contributed by atoms with Gasteiger partial charge in [-0.3, -0.25) is 4.79 Å². The zero-order chi connectivity index (χ0) is 24.7. The molecule has 0 unspecified atom stereocenters. The number of fused-ring (bicyclic) bond motifs is 1. The van der Waals surface area contributed by atoms with Gasteiger partial charge < -0.3 is 10.1 Å². The van der Waals surface area contributed by atoms with E-state index in [4.69, 9.17) is 27.9 Å². The number of benzene rings is 3. The number of methoxy groups -OCH3 is 1. The van der Waals surface area contributed by atoms with E-state index in [0.29, 0.717) is 47.2 Å². The van der Waals surface area contributed by atoms with Crippen LogP contribution in [0, 0.1) is 23.0 Å². The highest BCUT2D eigenvalue weighted by Gasteiger charge is 2.57. The lowest BCUT2D eigenvalue weighted by atomic mass is 9.55. The zero-order valence-electron chi connectivity index (χ0n) is 19.2. The van der Waals surface area contributed by atoms with E-state index >= 15 is 0 Å². The molecule has 1 aliphatic carbocycles. The van der Waals surface area contributed by atoms with Crippen LogP contribution in [0.15, 0.2) is 60.7 Å². The third kappa shape index (κ3) is 4.30. The van der Waals surface area contributed by atoms with Gasteiger partial charge in [0.05, 0.1) is 12.5 Å². The van der Waals surface area contributed by atoms with Crippen LogP contribution in [0.5, 0.6) is 5.75 Å². The number of ether oxygens (including phenoxy) is 1. The molecule has 1 amide bonds. The van der Waals surface area contributed by atoms with Gasteiger partial charge in [0.2, 0.25) is 5.91 Å². The Kier molecular flexibility index (Phi) is 6.49. The van der Waals surface area contributed by atoms with E-state index in [1.54, 1.807) is 13.2 Å². The van der Waals surface area contributed by atoms with Gasteiger partial charge in [-0.05, 0) is 90.1 Å². The maximum atomic E-state index is 14.0. The first-order valence-electron chi connectivity index (χ1n) is 11.6. The molecule has 35 heavy (non-hydrogen) atoms. The highest BCUT2D eigenvalue weighted by Crippen LogP contribution is 2.58. The lowest BCUT2D eigenvalue weighted by molar-refractivity contribution is -0.131. The molecule has 4 atom stereocenters. The van der Waals surface area contributed by atoms with Gasteiger partial charge in [0, 0.05) is 16.6 Å². The number of nitrogens with one attached hydrogen (secondary N) is 1. The summed E-state index contributed by atoms with van der Waals surface area (Å²) in [4.78, 5) is 13.4. The van der Waals surface area contributed by atoms with Crippen molar-refractivity contribution in [3.8, 4) is 5.75 Å². The first-order chi connectivity index (χ1) is 16.8. The summed E-state index contributed by atoms with van der Waals surface area (Å²) in [5.41, 5.74) is 1.96. The smallest absolute Gasteiger partial charge is 0.226 e. The molecule has 3 aromatic carbocycles. The predicted octanol–water partition coefficient (Wildman–Crippen LogP) is 6.92. The molecule has 1 aliphatic heterocycles. The van der Waals surface area contributed by atoms with E-state index < -0.39 is 17.0 Å². The van der Waals surface area contributed by atoms with Gasteiger partial charge in [-0.25, -0.2) is 8.78 Å². The van der Waals surface area contributed by atoms with Gasteiger partial charge in [-0.2, -0.15) is 0 Å². The number of hydrogen-bond acceptors (Lipinski definition) is 2. The molecule has 2 fully saturated rings. The summed E-state index contributed by atoms with van der Waals surface area (Å²) in [5.74, 6) is -1.19. The van der Waals surface area contributed by atoms with Crippen molar-refractivity contribution in [3.05, 3.63) is 99.0 Å². The normalized spacial score (nSPS) is 25.7. The molecular weight excluding hydrogens is 491 g/mol. The molecule has 0 spiro atoms. The molecule has 0 radical (unpaired) electrons. The molecular formula is C28H25Cl2F2NO2. The number of halogens is 4. The van der Waals surface area contributed by atoms with E-state index in [-0.39, 0.29) is 23.7 Å². The molecule has 7 heteroatoms. The minimum Gasteiger partial charge on any atom is -0.497 e. The van der Waals surface area contributed by atoms with Crippen molar-refractivity contribution in [2.45, 2.75) is 31.1 Å². The number of carbonyl (C=O) groups is 1. The topological polar surface area (TPSA) is 38.3 Å². The van der Waals surface area contributed by atoms with Crippen LogP contribution in [-0.4, -0.2) is 19.6 Å². The van der Waals surface area contributed by atoms with Crippen molar-refractivity contribution in [1.82, 2.24) is 5.32 Å². The van der Waals surface area contributed by atoms with Gasteiger partial charge in [0.25, 0.3) is 0 Å². The van der Waals surface area contributed by atoms with Crippen molar-refractivity contribution >= 4 is 29.1 Å². The molecule has 2 aliphatic rings. The Labute approximate surface area is 213 Å². The second kappa shape index (κ2) is 9.44. The number of rotatable bonds is 5. The van der Waals surface area contributed by atoms with Crippen LogP contribution in [-0.2, 0) is 11.2 Å². The van der Waals surface area contributed by atoms with Crippen LogP contribution in [0.1, 0.15) is 41.4 Å². The molecule has 0 aromatic heterocycles. The van der Waals surface area contributed by atoms with Crippen LogP contribution in [0.25, 0.3) is 0 Å². The lowest BCUT2D eigenvalue weighted by Gasteiger charge is -2.47. The van der Waals surface area contributed by atoms with E-state index in [9.17, 15) is 13.6 Å². The quantitative estimate of drug-likeness (QED) is 0.400. The van der Waals surface area contributed by atoms with E-state index in [1.807, 2.05) is 42.5 Å². The fourth-order valence-corrected chi connectivity index (χ4v) is 6.57. The Morgan fingerprint density at radius 2 is 1.80 bits per heavy atom. The molecule has 1 saturated carbocycles. The average Bonchev–Trinajstić information content (AvgIpc) is 3.17. The molecule has 0 bridgehead atoms. The fourth-order valence-electron chi connectivity index (χ4n) is 6.13. The van der Waals surface area contributed by atoms with Gasteiger partial charge in [-0.1, -0.05) is 47.5 Å². The van der Waals surface area contributed by atoms with Gasteiger partial charge in [-0.15, -0.1) is 0 Å². The number of amides is 1. The Morgan fingerprint density at radius 1 is 1.03 bits per heavy atom. The van der Waals surface area contributed by atoms with Crippen LogP contribution in [0.2, 0.25) is 10.0 Å². The standard InChI is InChI=1S/C28H25Cl2F2NO2/c1-35-19-7-8-20(23(30)13-19)21-10-11-28(14-16-2-9-24(31)25(32)12-16)22(15-33-27(28)34)26(21)17-3-5-18(29)6-4-17/h2-9,12-13,21-22,26H,10-11,14-15H2,1H3,(H,33,34)/t21-,22-,26-,28-/m0/s1. The van der Waals surface area contributed by atoms with Crippen LogP contribution in [0.4, 0.5) is 8.78 Å². The number of carbonyl (C=O) groups excluding carboxylic acids is 1. The molecule has 3 nitrogen and oxygen atoms in total. The molecule has 5 rings (SSSR count). The van der Waals surface area contributed by atoms with E-state index in [1.165, 1.54) is 6.07 Å². The number of hydrogen-bond donors (Lipinski definition) is 1. The van der Waals surface area contributed by atoms with E-state index in [0.717, 1.165) is 17.2 Å². The van der Waals surface area contributed by atoms with Gasteiger partial charge >= 0.3 is 0 Å². The van der Waals surface area contributed by atoms with E-state index in [2.05, 4.69) is 5.32 Å². The Hall–Kier alpha value is -2.63. The first kappa shape index (κ1) is 24.1. The summed E-state index contributed by atoms with van der Waals surface area (Å²) in [6.45, 7) is 0.500. The molecule has 182 valence electrons. The van der Waals surface area contributed by atoms with Crippen molar-refractivity contribution < 1.29 is 18.3 Å². The van der Waals surface area contributed by atoms with Crippen molar-refractivity contribution in [1.29, 1.82) is 0 Å². The molecule has 1 N–H and O–H groups in total. The van der Waals surface area contributed by atoms with Crippen LogP contribution >= 0.6 is 23.2 Å². The highest BCUT2D eigenvalue weighted by atomic mass is 35.5. The monoisotopic (exact) mass is 515 g/mol. The van der Waals surface area contributed by atoms with Gasteiger partial charge in [0.1, 0.15) is 5.75 Å². The SMILES string of the molecule is COc1ccc([C@@H]2CC[C@@]3(Cc4ccc(F)c(F)c4)C(=O)NC[C@H]3[C@H]2c2ccc(Cl)cc2)c(Cl)c1. The largest absolute Gasteiger partial charge is 0.497 e. The fraction of sp³-hybridized carbons (Fsp3) is 0.321. The zero-order valence-corrected chi connectivity index (χ0v) is 20.7. The second-order valence-electron chi connectivity index (χ2n) is 9.51. The second-order valence-corrected chi connectivity index (χ2v) is 10.4. The summed E-state index contributed by atoms with van der Waals surface area (Å²) in [6, 6.07) is 17.4. The maximum Gasteiger partial charge on any atom is 0.226 e. The van der Waals surface area contributed by atoms with Crippen LogP contribution < -0.4 is 10.1 Å². The van der Waals surface area contributed by atoms with Crippen molar-refractivity contribution in [2.24, 2.45) is 11.3 Å². The third-order valence-electron chi connectivity index (χ3n) is 7.78. The van der Waals surface area contributed by atoms with Gasteiger partial charge in [0.15, 0.2) is 11.6 Å². The average molecular weight is 516 g/mol. The summed E-state index contributed by atoms with van der Waals surface area (Å²) in [6.07, 6.45) is 1.67.